The molecule has 1 heterocycles. The number of carbonyl (C=O) groups excluding carboxylic acids is 5. The van der Waals surface area contributed by atoms with Gasteiger partial charge in [-0.2, -0.15) is 0 Å². The molecule has 0 radical (unpaired) electrons. The summed E-state index contributed by atoms with van der Waals surface area (Å²) < 4.78 is 42.5. The number of rotatable bonds is 11. The van der Waals surface area contributed by atoms with Gasteiger partial charge in [-0.05, 0) is 63.5 Å². The molecule has 2 aromatic carbocycles. The van der Waals surface area contributed by atoms with E-state index in [1.165, 1.54) is 21.1 Å². The molecule has 60 heavy (non-hydrogen) atoms. The molecule has 1 saturated heterocycles. The molecule has 326 valence electrons. The van der Waals surface area contributed by atoms with Gasteiger partial charge in [-0.25, -0.2) is 9.59 Å². The average Bonchev–Trinajstić information content (AvgIpc) is 3.18. The Morgan fingerprint density at radius 2 is 1.55 bits per heavy atom. The minimum absolute atomic E-state index is 0.127. The van der Waals surface area contributed by atoms with Crippen LogP contribution in [0.3, 0.4) is 0 Å². The highest BCUT2D eigenvalue weighted by atomic mass is 16.6. The largest absolute Gasteiger partial charge is 0.460 e. The summed E-state index contributed by atoms with van der Waals surface area (Å²) in [4.78, 5) is 70.3. The molecule has 0 unspecified atom stereocenters. The molecule has 14 heteroatoms. The van der Waals surface area contributed by atoms with Crippen molar-refractivity contribution in [2.24, 2.45) is 16.7 Å². The highest BCUT2D eigenvalue weighted by molar-refractivity contribution is 5.94. The summed E-state index contributed by atoms with van der Waals surface area (Å²) >= 11 is 0. The summed E-state index contributed by atoms with van der Waals surface area (Å²) in [5.41, 5.74) is -6.46. The number of hydrogen-bond acceptors (Lipinski definition) is 14. The van der Waals surface area contributed by atoms with E-state index in [-0.39, 0.29) is 30.6 Å². The highest BCUT2D eigenvalue weighted by Gasteiger charge is 2.78. The Balaban J connectivity index is 1.52. The number of aliphatic hydroxyl groups is 2. The number of esters is 4. The smallest absolute Gasteiger partial charge is 0.338 e. The lowest BCUT2D eigenvalue weighted by Crippen LogP contribution is -2.82. The van der Waals surface area contributed by atoms with Gasteiger partial charge in [0.2, 0.25) is 0 Å². The van der Waals surface area contributed by atoms with E-state index in [4.69, 9.17) is 33.2 Å². The molecule has 1 aliphatic heterocycles. The quantitative estimate of drug-likeness (QED) is 0.178. The van der Waals surface area contributed by atoms with Crippen molar-refractivity contribution in [2.75, 3.05) is 20.8 Å². The maximum Gasteiger partial charge on any atom is 0.338 e. The molecule has 2 aromatic rings. The van der Waals surface area contributed by atoms with Crippen LogP contribution in [0.1, 0.15) is 96.5 Å². The SMILES string of the molecule is CO[C@H]1C(=O)[C@]2(C)[C@@H](OC)C[C@H]3OC[C@@]3(OC(C)=O)[C@H]2[C@H](OC(=O)c2ccccc2)[C@]2(O)C[C@H](OC(=O)[C@H](O)[C@@H](CC(=O)OC(C)(C)C)c3ccccc3)C(C)=C1C2(C)C. The third kappa shape index (κ3) is 7.59. The van der Waals surface area contributed by atoms with Crippen LogP contribution >= 0.6 is 0 Å². The summed E-state index contributed by atoms with van der Waals surface area (Å²) in [6.45, 7) is 12.9. The van der Waals surface area contributed by atoms with Crippen molar-refractivity contribution < 1.29 is 67.3 Å². The Morgan fingerprint density at radius 3 is 2.08 bits per heavy atom. The van der Waals surface area contributed by atoms with Crippen LogP contribution < -0.4 is 0 Å². The Kier molecular flexibility index (Phi) is 12.3. The summed E-state index contributed by atoms with van der Waals surface area (Å²) in [6.07, 6.45) is -8.57. The molecule has 2 bridgehead atoms. The predicted octanol–water partition coefficient (Wildman–Crippen LogP) is 4.82. The van der Waals surface area contributed by atoms with E-state index in [0.29, 0.717) is 11.1 Å². The van der Waals surface area contributed by atoms with Crippen molar-refractivity contribution in [3.8, 4) is 0 Å². The second kappa shape index (κ2) is 16.4. The first-order valence-electron chi connectivity index (χ1n) is 20.3. The predicted molar refractivity (Wildman–Crippen MR) is 214 cm³/mol. The zero-order chi connectivity index (χ0) is 44.2. The van der Waals surface area contributed by atoms with Crippen LogP contribution in [0.2, 0.25) is 0 Å². The molecule has 0 spiro atoms. The van der Waals surface area contributed by atoms with Gasteiger partial charge in [-0.1, -0.05) is 62.4 Å². The Hall–Kier alpha value is -4.47. The van der Waals surface area contributed by atoms with Gasteiger partial charge >= 0.3 is 23.9 Å². The van der Waals surface area contributed by atoms with Crippen LogP contribution in [0, 0.1) is 16.7 Å². The van der Waals surface area contributed by atoms with E-state index in [1.54, 1.807) is 109 Å². The average molecular weight is 835 g/mol. The fourth-order valence-corrected chi connectivity index (χ4v) is 10.3. The first-order valence-corrected chi connectivity index (χ1v) is 20.3. The van der Waals surface area contributed by atoms with Crippen molar-refractivity contribution in [3.63, 3.8) is 0 Å². The molecule has 14 nitrogen and oxygen atoms in total. The fourth-order valence-electron chi connectivity index (χ4n) is 10.3. The number of fused-ring (bicyclic) bond motifs is 5. The van der Waals surface area contributed by atoms with Crippen molar-refractivity contribution in [1.29, 1.82) is 0 Å². The zero-order valence-electron chi connectivity index (χ0n) is 36.0. The topological polar surface area (TPSA) is 190 Å². The van der Waals surface area contributed by atoms with E-state index < -0.39 is 112 Å². The fraction of sp³-hybridized carbons (Fsp3) is 0.587. The Bertz CT molecular complexity index is 2000. The van der Waals surface area contributed by atoms with E-state index in [9.17, 15) is 29.4 Å². The number of hydrogen-bond donors (Lipinski definition) is 2. The second-order valence-corrected chi connectivity index (χ2v) is 18.3. The molecule has 3 fully saturated rings. The zero-order valence-corrected chi connectivity index (χ0v) is 36.0. The number of ether oxygens (including phenoxy) is 7. The maximum atomic E-state index is 15.5. The standard InChI is InChI=1S/C46H58O14/c1-25-30(57-41(52)35(49)29(27-17-13-11-14-18-27)21-33(48)60-42(3,4)5)23-46(53)39(58-40(51)28-19-15-12-16-20-28)37-44(8,38(50)36(55-10)34(25)43(46,6)7)31(54-9)22-32-45(37,24-56-32)59-26(2)47/h11-20,29-32,35-37,39,49,53H,21-24H2,1-10H3/t29-,30-,31-,32+,35+,36+,37-,39-,44+,45-,46+/m0/s1. The number of ketones is 1. The molecule has 0 amide bonds. The van der Waals surface area contributed by atoms with Gasteiger partial charge in [0.05, 0.1) is 36.0 Å². The molecule has 4 aliphatic rings. The molecule has 11 atom stereocenters. The number of carbonyl (C=O) groups is 5. The Labute approximate surface area is 350 Å². The molecular weight excluding hydrogens is 776 g/mol. The van der Waals surface area contributed by atoms with Crippen molar-refractivity contribution >= 4 is 29.7 Å². The highest BCUT2D eigenvalue weighted by Crippen LogP contribution is 2.64. The van der Waals surface area contributed by atoms with Crippen LogP contribution in [-0.4, -0.2) is 114 Å². The van der Waals surface area contributed by atoms with Gasteiger partial charge in [-0.15, -0.1) is 0 Å². The van der Waals surface area contributed by atoms with Gasteiger partial charge in [-0.3, -0.25) is 14.4 Å². The van der Waals surface area contributed by atoms with Gasteiger partial charge < -0.3 is 43.4 Å². The van der Waals surface area contributed by atoms with E-state index in [2.05, 4.69) is 0 Å². The maximum absolute atomic E-state index is 15.5. The lowest BCUT2D eigenvalue weighted by molar-refractivity contribution is -0.347. The van der Waals surface area contributed by atoms with Gasteiger partial charge in [0, 0.05) is 45.3 Å². The number of methoxy groups -OCH3 is 2. The number of Topliss-reactive ketones (excluding diaryl/α,β-unsaturated/α-hetero) is 1. The monoisotopic (exact) mass is 834 g/mol. The Morgan fingerprint density at radius 1 is 0.933 bits per heavy atom. The van der Waals surface area contributed by atoms with Gasteiger partial charge in [0.1, 0.15) is 35.6 Å². The lowest BCUT2D eigenvalue weighted by atomic mass is 9.44. The van der Waals surface area contributed by atoms with Crippen LogP contribution in [0.25, 0.3) is 0 Å². The first-order chi connectivity index (χ1) is 28.1. The van der Waals surface area contributed by atoms with Crippen LogP contribution in [-0.2, 0) is 52.3 Å². The van der Waals surface area contributed by atoms with Crippen molar-refractivity contribution in [3.05, 3.63) is 82.9 Å². The summed E-state index contributed by atoms with van der Waals surface area (Å²) in [6, 6.07) is 16.7. The minimum atomic E-state index is -2.20. The number of aliphatic hydroxyl groups excluding tert-OH is 1. The minimum Gasteiger partial charge on any atom is -0.460 e. The van der Waals surface area contributed by atoms with Crippen molar-refractivity contribution in [1.82, 2.24) is 0 Å². The van der Waals surface area contributed by atoms with E-state index >= 15 is 4.79 Å². The van der Waals surface area contributed by atoms with Gasteiger partial charge in [0.25, 0.3) is 0 Å². The number of benzene rings is 2. The summed E-state index contributed by atoms with van der Waals surface area (Å²) in [7, 11) is 2.80. The molecule has 2 N–H and O–H groups in total. The molecule has 3 aliphatic carbocycles. The third-order valence-corrected chi connectivity index (χ3v) is 13.3. The molecule has 0 aromatic heterocycles. The van der Waals surface area contributed by atoms with Crippen molar-refractivity contribution in [2.45, 2.75) is 134 Å². The van der Waals surface area contributed by atoms with Crippen LogP contribution in [0.15, 0.2) is 71.8 Å². The van der Waals surface area contributed by atoms with Crippen LogP contribution in [0.4, 0.5) is 0 Å². The summed E-state index contributed by atoms with van der Waals surface area (Å²) in [5.74, 6) is -6.16. The summed E-state index contributed by atoms with van der Waals surface area (Å²) in [5, 5.41) is 25.5. The second-order valence-electron chi connectivity index (χ2n) is 18.3. The third-order valence-electron chi connectivity index (χ3n) is 13.3. The first kappa shape index (κ1) is 45.1. The molecular formula is C46H58O14. The van der Waals surface area contributed by atoms with E-state index in [0.717, 1.165) is 0 Å². The lowest BCUT2D eigenvalue weighted by Gasteiger charge is -2.67. The van der Waals surface area contributed by atoms with Crippen LogP contribution in [0.5, 0.6) is 0 Å². The van der Waals surface area contributed by atoms with Gasteiger partial charge in [0.15, 0.2) is 17.5 Å². The molecule has 6 rings (SSSR count). The molecule has 2 saturated carbocycles. The van der Waals surface area contributed by atoms with E-state index in [1.807, 2.05) is 0 Å². The normalized spacial score (nSPS) is 33.0.